The van der Waals surface area contributed by atoms with Crippen molar-refractivity contribution in [2.45, 2.75) is 10.3 Å². The van der Waals surface area contributed by atoms with E-state index in [1.54, 1.807) is 0 Å². The van der Waals surface area contributed by atoms with E-state index in [0.29, 0.717) is 13.2 Å². The van der Waals surface area contributed by atoms with Crippen LogP contribution in [0.5, 0.6) is 0 Å². The topological polar surface area (TPSA) is 92.7 Å². The number of nitrogens with one attached hydrogen (secondary N) is 1. The van der Waals surface area contributed by atoms with Gasteiger partial charge in [0.05, 0.1) is 17.1 Å². The number of hydrogen-bond acceptors (Lipinski definition) is 5. The van der Waals surface area contributed by atoms with Crippen LogP contribution in [0.1, 0.15) is 10.4 Å². The van der Waals surface area contributed by atoms with Crippen molar-refractivity contribution in [2.24, 2.45) is 0 Å². The van der Waals surface area contributed by atoms with Crippen molar-refractivity contribution in [3.8, 4) is 0 Å². The number of carbonyl (C=O) groups is 1. The quantitative estimate of drug-likeness (QED) is 0.810. The molecule has 0 aromatic heterocycles. The lowest BCUT2D eigenvalue weighted by molar-refractivity contribution is 0.0696. The molecule has 7 heteroatoms. The van der Waals surface area contributed by atoms with Gasteiger partial charge in [0.15, 0.2) is 5.44 Å². The van der Waals surface area contributed by atoms with E-state index < -0.39 is 21.2 Å². The first-order valence-electron chi connectivity index (χ1n) is 5.41. The molecule has 2 rings (SSSR count). The summed E-state index contributed by atoms with van der Waals surface area (Å²) in [5.41, 5.74) is -1.02. The summed E-state index contributed by atoms with van der Waals surface area (Å²) in [6.45, 7) is 1.14. The number of carboxylic acids is 1. The highest BCUT2D eigenvalue weighted by molar-refractivity contribution is 7.92. The molecule has 1 unspecified atom stereocenters. The predicted octanol–water partition coefficient (Wildman–Crippen LogP) is 0.104. The van der Waals surface area contributed by atoms with Crippen LogP contribution >= 0.6 is 0 Å². The van der Waals surface area contributed by atoms with Gasteiger partial charge in [-0.25, -0.2) is 13.2 Å². The molecule has 1 aromatic carbocycles. The molecule has 1 saturated heterocycles. The summed E-state index contributed by atoms with van der Waals surface area (Å²) in [6, 6.07) is 5.28. The molecule has 1 aromatic rings. The monoisotopic (exact) mass is 271 g/mol. The zero-order valence-electron chi connectivity index (χ0n) is 9.50. The van der Waals surface area contributed by atoms with Gasteiger partial charge in [0.2, 0.25) is 9.84 Å². The summed E-state index contributed by atoms with van der Waals surface area (Å²) in [6.07, 6.45) is 0. The molecule has 0 radical (unpaired) electrons. The molecule has 0 spiro atoms. The fourth-order valence-electron chi connectivity index (χ4n) is 1.70. The molecular formula is C11H13NO5S. The third-order valence-corrected chi connectivity index (χ3v) is 4.56. The molecule has 0 amide bonds. The number of benzene rings is 1. The van der Waals surface area contributed by atoms with Crippen molar-refractivity contribution >= 4 is 15.8 Å². The molecule has 0 saturated carbocycles. The Hall–Kier alpha value is -1.44. The Kier molecular flexibility index (Phi) is 3.65. The first-order valence-corrected chi connectivity index (χ1v) is 6.96. The molecule has 1 fully saturated rings. The zero-order chi connectivity index (χ0) is 13.2. The minimum Gasteiger partial charge on any atom is -0.478 e. The summed E-state index contributed by atoms with van der Waals surface area (Å²) < 4.78 is 29.6. The molecule has 6 nitrogen and oxygen atoms in total. The van der Waals surface area contributed by atoms with Gasteiger partial charge in [0.25, 0.3) is 0 Å². The lowest BCUT2D eigenvalue weighted by atomic mass is 10.2. The smallest absolute Gasteiger partial charge is 0.335 e. The minimum atomic E-state index is -3.67. The van der Waals surface area contributed by atoms with Gasteiger partial charge in [-0.15, -0.1) is 0 Å². The van der Waals surface area contributed by atoms with Gasteiger partial charge in [-0.2, -0.15) is 0 Å². The fourth-order valence-corrected chi connectivity index (χ4v) is 3.17. The van der Waals surface area contributed by atoms with Crippen LogP contribution < -0.4 is 5.32 Å². The average molecular weight is 271 g/mol. The van der Waals surface area contributed by atoms with Crippen LogP contribution in [0.3, 0.4) is 0 Å². The second kappa shape index (κ2) is 5.05. The van der Waals surface area contributed by atoms with E-state index in [-0.39, 0.29) is 17.0 Å². The maximum atomic E-state index is 12.2. The Bertz CT molecular complexity index is 548. The van der Waals surface area contributed by atoms with Crippen LogP contribution in [0.2, 0.25) is 0 Å². The van der Waals surface area contributed by atoms with Crippen LogP contribution in [-0.4, -0.2) is 44.6 Å². The van der Waals surface area contributed by atoms with Gasteiger partial charge in [-0.1, -0.05) is 6.07 Å². The first-order chi connectivity index (χ1) is 8.51. The number of rotatable bonds is 3. The van der Waals surface area contributed by atoms with Crippen molar-refractivity contribution in [3.63, 3.8) is 0 Å². The average Bonchev–Trinajstić information content (AvgIpc) is 2.40. The summed E-state index contributed by atoms with van der Waals surface area (Å²) in [5.74, 6) is -1.16. The van der Waals surface area contributed by atoms with E-state index in [9.17, 15) is 13.2 Å². The minimum absolute atomic E-state index is 0.0314. The van der Waals surface area contributed by atoms with Crippen molar-refractivity contribution in [1.29, 1.82) is 0 Å². The van der Waals surface area contributed by atoms with E-state index in [1.807, 2.05) is 0 Å². The van der Waals surface area contributed by atoms with Crippen LogP contribution in [0, 0.1) is 0 Å². The largest absolute Gasteiger partial charge is 0.478 e. The Balaban J connectivity index is 2.34. The molecule has 1 aliphatic heterocycles. The molecule has 1 heterocycles. The molecule has 1 atom stereocenters. The maximum Gasteiger partial charge on any atom is 0.335 e. The van der Waals surface area contributed by atoms with Crippen LogP contribution in [-0.2, 0) is 14.6 Å². The zero-order valence-corrected chi connectivity index (χ0v) is 10.3. The Morgan fingerprint density at radius 1 is 1.44 bits per heavy atom. The second-order valence-electron chi connectivity index (χ2n) is 3.88. The summed E-state index contributed by atoms with van der Waals surface area (Å²) in [7, 11) is -3.67. The van der Waals surface area contributed by atoms with Gasteiger partial charge in [-0.3, -0.25) is 0 Å². The molecule has 18 heavy (non-hydrogen) atoms. The summed E-state index contributed by atoms with van der Waals surface area (Å²) >= 11 is 0. The van der Waals surface area contributed by atoms with Crippen molar-refractivity contribution in [2.75, 3.05) is 19.7 Å². The van der Waals surface area contributed by atoms with E-state index in [4.69, 9.17) is 9.84 Å². The maximum absolute atomic E-state index is 12.2. The van der Waals surface area contributed by atoms with Crippen LogP contribution in [0.15, 0.2) is 29.2 Å². The lowest BCUT2D eigenvalue weighted by Crippen LogP contribution is -2.43. The second-order valence-corrected chi connectivity index (χ2v) is 5.97. The third kappa shape index (κ3) is 2.53. The van der Waals surface area contributed by atoms with Gasteiger partial charge in [0.1, 0.15) is 0 Å². The fraction of sp³-hybridized carbons (Fsp3) is 0.364. The predicted molar refractivity (Wildman–Crippen MR) is 63.2 cm³/mol. The van der Waals surface area contributed by atoms with E-state index in [2.05, 4.69) is 5.32 Å². The number of hydrogen-bond donors (Lipinski definition) is 2. The number of sulfone groups is 1. The molecule has 98 valence electrons. The number of ether oxygens (including phenoxy) is 1. The SMILES string of the molecule is O=C(O)c1cccc(S(=O)(=O)C2CNCCO2)c1. The van der Waals surface area contributed by atoms with Gasteiger partial charge >= 0.3 is 5.97 Å². The molecule has 1 aliphatic rings. The number of morpholine rings is 1. The highest BCUT2D eigenvalue weighted by atomic mass is 32.2. The first kappa shape index (κ1) is 13.0. The van der Waals surface area contributed by atoms with Gasteiger partial charge in [0, 0.05) is 13.1 Å². The third-order valence-electron chi connectivity index (χ3n) is 2.65. The van der Waals surface area contributed by atoms with E-state index in [1.165, 1.54) is 18.2 Å². The highest BCUT2D eigenvalue weighted by Gasteiger charge is 2.30. The Morgan fingerprint density at radius 3 is 2.83 bits per heavy atom. The Labute approximate surface area is 104 Å². The lowest BCUT2D eigenvalue weighted by Gasteiger charge is -2.23. The Morgan fingerprint density at radius 2 is 2.22 bits per heavy atom. The normalized spacial score (nSPS) is 20.6. The van der Waals surface area contributed by atoms with E-state index in [0.717, 1.165) is 6.07 Å². The molecule has 0 bridgehead atoms. The molecule has 0 aliphatic carbocycles. The van der Waals surface area contributed by atoms with Gasteiger partial charge < -0.3 is 15.2 Å². The van der Waals surface area contributed by atoms with Crippen molar-refractivity contribution in [3.05, 3.63) is 29.8 Å². The summed E-state index contributed by atoms with van der Waals surface area (Å²) in [4.78, 5) is 10.8. The molecule has 2 N–H and O–H groups in total. The highest BCUT2D eigenvalue weighted by Crippen LogP contribution is 2.19. The standard InChI is InChI=1S/C11H13NO5S/c13-11(14)8-2-1-3-9(6-8)18(15,16)10-7-12-4-5-17-10/h1-3,6,10,12H,4-5,7H2,(H,13,14). The number of aromatic carboxylic acids is 1. The molecular weight excluding hydrogens is 258 g/mol. The van der Waals surface area contributed by atoms with Crippen molar-refractivity contribution < 1.29 is 23.1 Å². The van der Waals surface area contributed by atoms with Crippen LogP contribution in [0.25, 0.3) is 0 Å². The number of carboxylic acid groups (broad SMARTS) is 1. The summed E-state index contributed by atoms with van der Waals surface area (Å²) in [5, 5.41) is 11.8. The van der Waals surface area contributed by atoms with Gasteiger partial charge in [-0.05, 0) is 18.2 Å². The van der Waals surface area contributed by atoms with E-state index >= 15 is 0 Å². The van der Waals surface area contributed by atoms with Crippen LogP contribution in [0.4, 0.5) is 0 Å². The van der Waals surface area contributed by atoms with Crippen molar-refractivity contribution in [1.82, 2.24) is 5.32 Å².